The normalized spacial score (nSPS) is 11.2. The van der Waals surface area contributed by atoms with Crippen molar-refractivity contribution in [2.24, 2.45) is 0 Å². The van der Waals surface area contributed by atoms with Gasteiger partial charge in [0.2, 0.25) is 5.91 Å². The molecule has 0 bridgehead atoms. The molecule has 0 spiro atoms. The summed E-state index contributed by atoms with van der Waals surface area (Å²) in [6.07, 6.45) is 0. The molecule has 0 saturated heterocycles. The Kier molecular flexibility index (Phi) is 4.56. The zero-order valence-corrected chi connectivity index (χ0v) is 11.0. The third-order valence-corrected chi connectivity index (χ3v) is 3.01. The maximum absolute atomic E-state index is 11.5. The minimum Gasteiger partial charge on any atom is -0.308 e. The summed E-state index contributed by atoms with van der Waals surface area (Å²) in [7, 11) is 0. The second-order valence-corrected chi connectivity index (χ2v) is 6.38. The predicted octanol–water partition coefficient (Wildman–Crippen LogP) is 2.60. The summed E-state index contributed by atoms with van der Waals surface area (Å²) in [6, 6.07) is 3.20. The van der Waals surface area contributed by atoms with E-state index in [-0.39, 0.29) is 10.7 Å². The van der Waals surface area contributed by atoms with Gasteiger partial charge in [0.05, 0.1) is 5.75 Å². The van der Waals surface area contributed by atoms with Gasteiger partial charge in [0.1, 0.15) is 0 Å². The zero-order chi connectivity index (χ0) is 12.2. The fourth-order valence-corrected chi connectivity index (χ4v) is 1.58. The topological polar surface area (TPSA) is 54.9 Å². The number of aromatic nitrogens is 2. The number of nitrogens with one attached hydrogen (secondary N) is 1. The third-order valence-electron chi connectivity index (χ3n) is 1.54. The van der Waals surface area contributed by atoms with Gasteiger partial charge in [0, 0.05) is 4.75 Å². The van der Waals surface area contributed by atoms with E-state index in [0.29, 0.717) is 16.7 Å². The number of hydrogen-bond acceptors (Lipinski definition) is 4. The number of amides is 1. The van der Waals surface area contributed by atoms with Crippen molar-refractivity contribution in [3.63, 3.8) is 0 Å². The minimum absolute atomic E-state index is 0.0724. The summed E-state index contributed by atoms with van der Waals surface area (Å²) in [5.41, 5.74) is 0. The van der Waals surface area contributed by atoms with Crippen molar-refractivity contribution < 1.29 is 4.79 Å². The van der Waals surface area contributed by atoms with Crippen molar-refractivity contribution in [1.82, 2.24) is 10.2 Å². The van der Waals surface area contributed by atoms with Gasteiger partial charge in [0.15, 0.2) is 11.0 Å². The fourth-order valence-electron chi connectivity index (χ4n) is 0.844. The maximum atomic E-state index is 11.5. The van der Waals surface area contributed by atoms with Crippen molar-refractivity contribution in [1.29, 1.82) is 0 Å². The molecule has 1 aromatic rings. The van der Waals surface area contributed by atoms with Crippen molar-refractivity contribution in [3.05, 3.63) is 17.3 Å². The lowest BCUT2D eigenvalue weighted by Gasteiger charge is -2.16. The first-order chi connectivity index (χ1) is 7.37. The van der Waals surface area contributed by atoms with E-state index >= 15 is 0 Å². The summed E-state index contributed by atoms with van der Waals surface area (Å²) in [4.78, 5) is 11.5. The first-order valence-electron chi connectivity index (χ1n) is 4.80. The molecule has 1 heterocycles. The standard InChI is InChI=1S/C10H14ClN3OS/c1-10(2,3)16-6-9(15)12-8-5-4-7(11)13-14-8/h4-5H,6H2,1-3H3,(H,12,14,15). The van der Waals surface area contributed by atoms with E-state index < -0.39 is 0 Å². The second kappa shape index (κ2) is 5.50. The van der Waals surface area contributed by atoms with Crippen LogP contribution in [0.25, 0.3) is 0 Å². The van der Waals surface area contributed by atoms with E-state index in [1.807, 2.05) is 0 Å². The van der Waals surface area contributed by atoms with Crippen LogP contribution in [0.3, 0.4) is 0 Å². The Labute approximate surface area is 104 Å². The number of carbonyl (C=O) groups is 1. The van der Waals surface area contributed by atoms with Crippen molar-refractivity contribution in [3.8, 4) is 0 Å². The van der Waals surface area contributed by atoms with Gasteiger partial charge in [-0.1, -0.05) is 32.4 Å². The monoisotopic (exact) mass is 259 g/mol. The van der Waals surface area contributed by atoms with Gasteiger partial charge in [-0.25, -0.2) is 0 Å². The van der Waals surface area contributed by atoms with Gasteiger partial charge >= 0.3 is 0 Å². The molecule has 1 amide bonds. The lowest BCUT2D eigenvalue weighted by atomic mass is 10.3. The van der Waals surface area contributed by atoms with E-state index in [9.17, 15) is 4.79 Å². The lowest BCUT2D eigenvalue weighted by Crippen LogP contribution is -2.19. The first-order valence-corrected chi connectivity index (χ1v) is 6.16. The van der Waals surface area contributed by atoms with Crippen LogP contribution in [0, 0.1) is 0 Å². The van der Waals surface area contributed by atoms with Gasteiger partial charge in [-0.05, 0) is 12.1 Å². The smallest absolute Gasteiger partial charge is 0.235 e. The number of halogens is 1. The summed E-state index contributed by atoms with van der Waals surface area (Å²) >= 11 is 7.16. The highest BCUT2D eigenvalue weighted by atomic mass is 35.5. The third kappa shape index (κ3) is 5.32. The molecule has 16 heavy (non-hydrogen) atoms. The SMILES string of the molecule is CC(C)(C)SCC(=O)Nc1ccc(Cl)nn1. The van der Waals surface area contributed by atoms with E-state index in [0.717, 1.165) is 0 Å². The molecule has 6 heteroatoms. The van der Waals surface area contributed by atoms with Crippen LogP contribution in [0.5, 0.6) is 0 Å². The summed E-state index contributed by atoms with van der Waals surface area (Å²) in [5, 5.41) is 10.3. The molecule has 0 aromatic carbocycles. The van der Waals surface area contributed by atoms with Crippen LogP contribution < -0.4 is 5.32 Å². The summed E-state index contributed by atoms with van der Waals surface area (Å²) < 4.78 is 0.0724. The summed E-state index contributed by atoms with van der Waals surface area (Å²) in [5.74, 6) is 0.730. The predicted molar refractivity (Wildman–Crippen MR) is 67.9 cm³/mol. The van der Waals surface area contributed by atoms with Crippen LogP contribution in [0.15, 0.2) is 12.1 Å². The van der Waals surface area contributed by atoms with E-state index in [2.05, 4.69) is 36.3 Å². The number of rotatable bonds is 3. The molecular weight excluding hydrogens is 246 g/mol. The van der Waals surface area contributed by atoms with Gasteiger partial charge in [-0.3, -0.25) is 4.79 Å². The Morgan fingerprint density at radius 2 is 2.12 bits per heavy atom. The number of nitrogens with zero attached hydrogens (tertiary/aromatic N) is 2. The molecule has 0 radical (unpaired) electrons. The molecule has 0 aliphatic rings. The van der Waals surface area contributed by atoms with Crippen LogP contribution in [0.2, 0.25) is 5.15 Å². The molecule has 88 valence electrons. The molecule has 4 nitrogen and oxygen atoms in total. The van der Waals surface area contributed by atoms with Crippen LogP contribution in [-0.4, -0.2) is 26.6 Å². The maximum Gasteiger partial charge on any atom is 0.235 e. The Balaban J connectivity index is 2.43. The molecule has 0 aliphatic carbocycles. The molecule has 0 fully saturated rings. The molecule has 0 unspecified atom stereocenters. The molecule has 1 rings (SSSR count). The molecule has 0 saturated carbocycles. The first kappa shape index (κ1) is 13.3. The highest BCUT2D eigenvalue weighted by molar-refractivity contribution is 8.01. The molecule has 1 N–H and O–H groups in total. The molecule has 1 aromatic heterocycles. The summed E-state index contributed by atoms with van der Waals surface area (Å²) in [6.45, 7) is 6.19. The largest absolute Gasteiger partial charge is 0.308 e. The average Bonchev–Trinajstić information content (AvgIpc) is 2.18. The van der Waals surface area contributed by atoms with E-state index in [1.165, 1.54) is 0 Å². The van der Waals surface area contributed by atoms with Crippen molar-refractivity contribution in [2.45, 2.75) is 25.5 Å². The Morgan fingerprint density at radius 3 is 2.62 bits per heavy atom. The van der Waals surface area contributed by atoms with Gasteiger partial charge in [-0.15, -0.1) is 22.0 Å². The molecule has 0 aliphatic heterocycles. The average molecular weight is 260 g/mol. The number of carbonyl (C=O) groups excluding carboxylic acids is 1. The van der Waals surface area contributed by atoms with Crippen LogP contribution in [-0.2, 0) is 4.79 Å². The quantitative estimate of drug-likeness (QED) is 0.907. The Morgan fingerprint density at radius 1 is 1.44 bits per heavy atom. The van der Waals surface area contributed by atoms with E-state index in [1.54, 1.807) is 23.9 Å². The minimum atomic E-state index is -0.0865. The van der Waals surface area contributed by atoms with E-state index in [4.69, 9.17) is 11.6 Å². The number of thioether (sulfide) groups is 1. The highest BCUT2D eigenvalue weighted by Gasteiger charge is 2.13. The number of anilines is 1. The van der Waals surface area contributed by atoms with Crippen LogP contribution >= 0.6 is 23.4 Å². The van der Waals surface area contributed by atoms with Crippen LogP contribution in [0.1, 0.15) is 20.8 Å². The van der Waals surface area contributed by atoms with Gasteiger partial charge < -0.3 is 5.32 Å². The van der Waals surface area contributed by atoms with Crippen molar-refractivity contribution >= 4 is 35.1 Å². The number of hydrogen-bond donors (Lipinski definition) is 1. The molecular formula is C10H14ClN3OS. The zero-order valence-electron chi connectivity index (χ0n) is 9.45. The van der Waals surface area contributed by atoms with Crippen molar-refractivity contribution in [2.75, 3.05) is 11.1 Å². The highest BCUT2D eigenvalue weighted by Crippen LogP contribution is 2.22. The van der Waals surface area contributed by atoms with Gasteiger partial charge in [-0.2, -0.15) is 0 Å². The fraction of sp³-hybridized carbons (Fsp3) is 0.500. The second-order valence-electron chi connectivity index (χ2n) is 4.19. The van der Waals surface area contributed by atoms with Gasteiger partial charge in [0.25, 0.3) is 0 Å². The molecule has 0 atom stereocenters. The van der Waals surface area contributed by atoms with Crippen LogP contribution in [0.4, 0.5) is 5.82 Å². The lowest BCUT2D eigenvalue weighted by molar-refractivity contribution is -0.113. The Bertz CT molecular complexity index is 361. The Hall–Kier alpha value is -0.810.